The first-order valence-corrected chi connectivity index (χ1v) is 8.01. The smallest absolute Gasteiger partial charge is 0.260 e. The van der Waals surface area contributed by atoms with Crippen molar-refractivity contribution >= 4 is 29.1 Å². The number of imidazole rings is 1. The van der Waals surface area contributed by atoms with E-state index in [0.717, 1.165) is 18.7 Å². The maximum Gasteiger partial charge on any atom is 0.260 e. The zero-order valence-electron chi connectivity index (χ0n) is 13.1. The molecule has 0 N–H and O–H groups in total. The van der Waals surface area contributed by atoms with Crippen LogP contribution in [-0.2, 0) is 18.3 Å². The molecule has 1 heterocycles. The zero-order chi connectivity index (χ0) is 16.8. The van der Waals surface area contributed by atoms with Gasteiger partial charge in [-0.05, 0) is 24.6 Å². The van der Waals surface area contributed by atoms with E-state index in [2.05, 4.69) is 4.98 Å². The first kappa shape index (κ1) is 17.6. The van der Waals surface area contributed by atoms with Crippen LogP contribution >= 0.6 is 23.2 Å². The Labute approximate surface area is 145 Å². The maximum absolute atomic E-state index is 12.1. The number of carbonyl (C=O) groups excluding carboxylic acids is 1. The van der Waals surface area contributed by atoms with Gasteiger partial charge in [-0.15, -0.1) is 0 Å². The fraction of sp³-hybridized carbons (Fsp3) is 0.375. The molecule has 0 spiro atoms. The first-order chi connectivity index (χ1) is 11.0. The van der Waals surface area contributed by atoms with Gasteiger partial charge >= 0.3 is 0 Å². The van der Waals surface area contributed by atoms with E-state index in [-0.39, 0.29) is 12.5 Å². The third kappa shape index (κ3) is 5.15. The summed E-state index contributed by atoms with van der Waals surface area (Å²) in [6.07, 6.45) is 5.35. The molecule has 0 atom stereocenters. The molecule has 0 bridgehead atoms. The van der Waals surface area contributed by atoms with Gasteiger partial charge in [0, 0.05) is 44.5 Å². The summed E-state index contributed by atoms with van der Waals surface area (Å²) in [7, 11) is 3.72. The molecule has 0 aliphatic carbocycles. The predicted octanol–water partition coefficient (Wildman–Crippen LogP) is 3.20. The second kappa shape index (κ2) is 8.22. The third-order valence-electron chi connectivity index (χ3n) is 3.49. The number of aromatic nitrogens is 2. The lowest BCUT2D eigenvalue weighted by Gasteiger charge is -2.17. The lowest BCUT2D eigenvalue weighted by molar-refractivity contribution is -0.132. The molecule has 5 nitrogen and oxygen atoms in total. The highest BCUT2D eigenvalue weighted by Gasteiger charge is 2.11. The van der Waals surface area contributed by atoms with Crippen LogP contribution in [0.4, 0.5) is 0 Å². The summed E-state index contributed by atoms with van der Waals surface area (Å²) >= 11 is 11.8. The minimum atomic E-state index is -0.101. The van der Waals surface area contributed by atoms with Crippen LogP contribution in [0.5, 0.6) is 5.75 Å². The van der Waals surface area contributed by atoms with E-state index in [4.69, 9.17) is 27.9 Å². The topological polar surface area (TPSA) is 47.4 Å². The number of rotatable bonds is 7. The van der Waals surface area contributed by atoms with Crippen molar-refractivity contribution in [1.29, 1.82) is 0 Å². The normalized spacial score (nSPS) is 10.6. The van der Waals surface area contributed by atoms with Gasteiger partial charge in [0.15, 0.2) is 6.61 Å². The number of hydrogen-bond acceptors (Lipinski definition) is 3. The van der Waals surface area contributed by atoms with Crippen LogP contribution in [0.25, 0.3) is 0 Å². The van der Waals surface area contributed by atoms with Gasteiger partial charge in [0.2, 0.25) is 0 Å². The minimum absolute atomic E-state index is 0.0553. The Balaban J connectivity index is 1.75. The van der Waals surface area contributed by atoms with Crippen LogP contribution in [0.2, 0.25) is 10.0 Å². The van der Waals surface area contributed by atoms with Gasteiger partial charge in [0.1, 0.15) is 11.6 Å². The number of hydrogen-bond donors (Lipinski definition) is 0. The van der Waals surface area contributed by atoms with Crippen molar-refractivity contribution < 1.29 is 9.53 Å². The molecule has 0 saturated heterocycles. The van der Waals surface area contributed by atoms with Crippen LogP contribution in [0.1, 0.15) is 12.2 Å². The number of amides is 1. The number of halogens is 2. The Morgan fingerprint density at radius 2 is 2.17 bits per heavy atom. The molecule has 1 aromatic heterocycles. The number of ether oxygens (including phenoxy) is 1. The Morgan fingerprint density at radius 1 is 1.39 bits per heavy atom. The van der Waals surface area contributed by atoms with Gasteiger partial charge < -0.3 is 14.2 Å². The van der Waals surface area contributed by atoms with E-state index in [0.29, 0.717) is 22.3 Å². The Hall–Kier alpha value is -1.72. The summed E-state index contributed by atoms with van der Waals surface area (Å²) in [4.78, 5) is 18.0. The Bertz CT molecular complexity index is 673. The number of carbonyl (C=O) groups is 1. The summed E-state index contributed by atoms with van der Waals surface area (Å²) < 4.78 is 7.43. The van der Waals surface area contributed by atoms with Crippen molar-refractivity contribution in [3.8, 4) is 5.75 Å². The Morgan fingerprint density at radius 3 is 2.83 bits per heavy atom. The average molecular weight is 356 g/mol. The molecule has 124 valence electrons. The van der Waals surface area contributed by atoms with Crippen LogP contribution < -0.4 is 4.74 Å². The molecule has 0 saturated carbocycles. The number of aryl methyl sites for hydroxylation is 2. The summed E-state index contributed by atoms with van der Waals surface area (Å²) in [5, 5.41) is 0.919. The standard InChI is InChI=1S/C16H19Cl2N3O2/c1-20-9-7-19-15(20)4-3-8-21(2)16(22)11-23-14-6-5-12(17)10-13(14)18/h5-7,9-10H,3-4,8,11H2,1-2H3. The van der Waals surface area contributed by atoms with E-state index in [1.807, 2.05) is 17.8 Å². The van der Waals surface area contributed by atoms with Gasteiger partial charge in [-0.2, -0.15) is 0 Å². The highest BCUT2D eigenvalue weighted by Crippen LogP contribution is 2.27. The van der Waals surface area contributed by atoms with Crippen molar-refractivity contribution in [3.63, 3.8) is 0 Å². The molecule has 7 heteroatoms. The third-order valence-corrected chi connectivity index (χ3v) is 4.02. The largest absolute Gasteiger partial charge is 0.482 e. The second-order valence-corrected chi connectivity index (χ2v) is 6.08. The molecule has 0 aliphatic heterocycles. The van der Waals surface area contributed by atoms with Crippen molar-refractivity contribution in [2.24, 2.45) is 7.05 Å². The van der Waals surface area contributed by atoms with Crippen LogP contribution in [-0.4, -0.2) is 40.6 Å². The highest BCUT2D eigenvalue weighted by atomic mass is 35.5. The molecule has 0 unspecified atom stereocenters. The van der Waals surface area contributed by atoms with E-state index in [9.17, 15) is 4.79 Å². The van der Waals surface area contributed by atoms with E-state index >= 15 is 0 Å². The molecule has 2 aromatic rings. The summed E-state index contributed by atoms with van der Waals surface area (Å²) in [5.41, 5.74) is 0. The van der Waals surface area contributed by atoms with Crippen LogP contribution in [0.15, 0.2) is 30.6 Å². The van der Waals surface area contributed by atoms with Gasteiger partial charge in [-0.25, -0.2) is 4.98 Å². The second-order valence-electron chi connectivity index (χ2n) is 5.24. The molecule has 1 aromatic carbocycles. The fourth-order valence-electron chi connectivity index (χ4n) is 2.08. The van der Waals surface area contributed by atoms with Crippen LogP contribution in [0, 0.1) is 0 Å². The van der Waals surface area contributed by atoms with E-state index in [1.54, 1.807) is 36.3 Å². The van der Waals surface area contributed by atoms with E-state index in [1.165, 1.54) is 0 Å². The maximum atomic E-state index is 12.1. The molecule has 1 amide bonds. The van der Waals surface area contributed by atoms with Crippen molar-refractivity contribution in [3.05, 3.63) is 46.5 Å². The zero-order valence-corrected chi connectivity index (χ0v) is 14.6. The summed E-state index contributed by atoms with van der Waals surface area (Å²) in [6.45, 7) is 0.587. The van der Waals surface area contributed by atoms with Gasteiger partial charge in [-0.1, -0.05) is 23.2 Å². The predicted molar refractivity (Wildman–Crippen MR) is 91.1 cm³/mol. The SMILES string of the molecule is CN(CCCc1nccn1C)C(=O)COc1ccc(Cl)cc1Cl. The number of likely N-dealkylation sites (N-methyl/N-ethyl adjacent to an activating group) is 1. The van der Waals surface area contributed by atoms with Gasteiger partial charge in [0.05, 0.1) is 5.02 Å². The van der Waals surface area contributed by atoms with Gasteiger partial charge in [0.25, 0.3) is 5.91 Å². The van der Waals surface area contributed by atoms with Crippen LogP contribution in [0.3, 0.4) is 0 Å². The monoisotopic (exact) mass is 355 g/mol. The lowest BCUT2D eigenvalue weighted by Crippen LogP contribution is -2.32. The molecular formula is C16H19Cl2N3O2. The molecule has 0 aliphatic rings. The average Bonchev–Trinajstić information content (AvgIpc) is 2.91. The molecule has 0 radical (unpaired) electrons. The highest BCUT2D eigenvalue weighted by molar-refractivity contribution is 6.35. The molecule has 0 fully saturated rings. The van der Waals surface area contributed by atoms with E-state index < -0.39 is 0 Å². The van der Waals surface area contributed by atoms with Crippen molar-refractivity contribution in [2.45, 2.75) is 12.8 Å². The van der Waals surface area contributed by atoms with Crippen molar-refractivity contribution in [2.75, 3.05) is 20.2 Å². The van der Waals surface area contributed by atoms with Crippen molar-refractivity contribution in [1.82, 2.24) is 14.5 Å². The molecular weight excluding hydrogens is 337 g/mol. The quantitative estimate of drug-likeness (QED) is 0.766. The fourth-order valence-corrected chi connectivity index (χ4v) is 2.54. The number of nitrogens with zero attached hydrogens (tertiary/aromatic N) is 3. The lowest BCUT2D eigenvalue weighted by atomic mass is 10.3. The Kier molecular flexibility index (Phi) is 6.30. The molecule has 23 heavy (non-hydrogen) atoms. The molecule has 2 rings (SSSR count). The first-order valence-electron chi connectivity index (χ1n) is 7.25. The van der Waals surface area contributed by atoms with Gasteiger partial charge in [-0.3, -0.25) is 4.79 Å². The minimum Gasteiger partial charge on any atom is -0.482 e. The number of benzene rings is 1. The summed E-state index contributed by atoms with van der Waals surface area (Å²) in [6, 6.07) is 4.91. The summed E-state index contributed by atoms with van der Waals surface area (Å²) in [5.74, 6) is 1.36.